The molecule has 3 unspecified atom stereocenters. The molecule has 3 atom stereocenters. The lowest BCUT2D eigenvalue weighted by molar-refractivity contribution is -0.172. The number of benzene rings is 1. The fraction of sp³-hybridized carbons (Fsp3) is 0.559. The Morgan fingerprint density at radius 1 is 0.933 bits per heavy atom. The summed E-state index contributed by atoms with van der Waals surface area (Å²) in [4.78, 5) is 60.7. The zero-order chi connectivity index (χ0) is 33.7. The normalized spacial score (nSPS) is 13.7. The number of carboxylic acid groups (broad SMARTS) is 3. The fourth-order valence-corrected chi connectivity index (χ4v) is 4.78. The van der Waals surface area contributed by atoms with Crippen LogP contribution in [0.15, 0.2) is 36.4 Å². The lowest BCUT2D eigenvalue weighted by Gasteiger charge is -2.29. The summed E-state index contributed by atoms with van der Waals surface area (Å²) in [5.41, 5.74) is -2.52. The summed E-state index contributed by atoms with van der Waals surface area (Å²) < 4.78 is 5.28. The van der Waals surface area contributed by atoms with Crippen LogP contribution in [-0.4, -0.2) is 68.3 Å². The maximum atomic E-state index is 13.2. The van der Waals surface area contributed by atoms with Crippen LogP contribution in [0.5, 0.6) is 5.75 Å². The number of hydrogen-bond acceptors (Lipinski definition) is 7. The number of amides is 1. The molecule has 0 aromatic heterocycles. The molecule has 0 aliphatic heterocycles. The molecule has 0 fully saturated rings. The standard InChI is InChI=1S/C34H47NO10/c1-3-5-6-9-12-15-26(36)16-13-10-7-8-11-14-17-28(34(44,33(42)43)24-30(37)38)31(39)35-29(32(40)41)23-25-18-20-27(21-19-25)45-22-4-2/h2,14,17-21,28-29,44H,3,5-13,15-16,22-24H2,1H3,(H,35,39)(H,37,38)(H,40,41)(H,42,43)/b17-14+. The first-order valence-electron chi connectivity index (χ1n) is 15.5. The van der Waals surface area contributed by atoms with E-state index in [0.717, 1.165) is 51.0 Å². The van der Waals surface area contributed by atoms with Gasteiger partial charge in [-0.3, -0.25) is 14.4 Å². The number of carbonyl (C=O) groups excluding carboxylic acids is 2. The third-order valence-electron chi connectivity index (χ3n) is 7.35. The first kappa shape index (κ1) is 38.9. The van der Waals surface area contributed by atoms with Crippen molar-refractivity contribution < 1.29 is 49.1 Å². The van der Waals surface area contributed by atoms with Gasteiger partial charge in [0.1, 0.15) is 24.2 Å². The number of carboxylic acids is 3. The minimum atomic E-state index is -3.03. The highest BCUT2D eigenvalue weighted by Crippen LogP contribution is 2.26. The third-order valence-corrected chi connectivity index (χ3v) is 7.35. The largest absolute Gasteiger partial charge is 0.481 e. The van der Waals surface area contributed by atoms with E-state index < -0.39 is 47.8 Å². The molecule has 0 aliphatic carbocycles. The van der Waals surface area contributed by atoms with Crippen LogP contribution in [-0.2, 0) is 30.4 Å². The van der Waals surface area contributed by atoms with Crippen LogP contribution in [0.3, 0.4) is 0 Å². The van der Waals surface area contributed by atoms with Gasteiger partial charge in [0.25, 0.3) is 0 Å². The average Bonchev–Trinajstić information content (AvgIpc) is 2.98. The van der Waals surface area contributed by atoms with Gasteiger partial charge in [-0.25, -0.2) is 9.59 Å². The van der Waals surface area contributed by atoms with Gasteiger partial charge in [0.15, 0.2) is 5.60 Å². The number of rotatable bonds is 25. The number of aliphatic hydroxyl groups is 1. The van der Waals surface area contributed by atoms with Gasteiger partial charge in [-0.1, -0.05) is 75.7 Å². The number of unbranched alkanes of at least 4 members (excludes halogenated alkanes) is 8. The Hall–Kier alpha value is -4.17. The molecule has 5 N–H and O–H groups in total. The van der Waals surface area contributed by atoms with Crippen LogP contribution in [0, 0.1) is 18.3 Å². The van der Waals surface area contributed by atoms with Gasteiger partial charge in [0.05, 0.1) is 12.3 Å². The van der Waals surface area contributed by atoms with Crippen LogP contribution < -0.4 is 10.1 Å². The van der Waals surface area contributed by atoms with E-state index in [0.29, 0.717) is 37.0 Å². The molecule has 1 aromatic carbocycles. The Kier molecular flexibility index (Phi) is 18.6. The average molecular weight is 630 g/mol. The molecular formula is C34H47NO10. The topological polar surface area (TPSA) is 188 Å². The molecule has 11 heteroatoms. The molecule has 1 amide bonds. The SMILES string of the molecule is C#CCOc1ccc(CC(NC(=O)C(/C=C/CCCCCCC(=O)CCCCCCC)C(O)(CC(=O)O)C(=O)O)C(=O)O)cc1. The third kappa shape index (κ3) is 15.4. The second kappa shape index (κ2) is 21.5. The zero-order valence-electron chi connectivity index (χ0n) is 26.0. The smallest absolute Gasteiger partial charge is 0.337 e. The maximum absolute atomic E-state index is 13.2. The highest BCUT2D eigenvalue weighted by molar-refractivity contribution is 5.94. The van der Waals surface area contributed by atoms with E-state index in [4.69, 9.17) is 11.2 Å². The quantitative estimate of drug-likeness (QED) is 0.0583. The van der Waals surface area contributed by atoms with Crippen LogP contribution in [0.4, 0.5) is 0 Å². The summed E-state index contributed by atoms with van der Waals surface area (Å²) in [6.45, 7) is 2.19. The predicted octanol–water partition coefficient (Wildman–Crippen LogP) is 4.54. The Morgan fingerprint density at radius 2 is 1.53 bits per heavy atom. The van der Waals surface area contributed by atoms with E-state index in [-0.39, 0.29) is 18.8 Å². The van der Waals surface area contributed by atoms with Crippen molar-refractivity contribution in [2.75, 3.05) is 6.61 Å². The molecule has 45 heavy (non-hydrogen) atoms. The summed E-state index contributed by atoms with van der Waals surface area (Å²) >= 11 is 0. The number of terminal acetylenes is 1. The lowest BCUT2D eigenvalue weighted by atomic mass is 9.82. The Balaban J connectivity index is 2.82. The van der Waals surface area contributed by atoms with E-state index in [1.54, 1.807) is 24.3 Å². The number of hydrogen-bond donors (Lipinski definition) is 5. The predicted molar refractivity (Wildman–Crippen MR) is 168 cm³/mol. The maximum Gasteiger partial charge on any atom is 0.337 e. The molecule has 1 rings (SSSR count). The van der Waals surface area contributed by atoms with Crippen molar-refractivity contribution in [1.29, 1.82) is 0 Å². The van der Waals surface area contributed by atoms with Crippen molar-refractivity contribution in [2.24, 2.45) is 5.92 Å². The second-order valence-electron chi connectivity index (χ2n) is 11.1. The van der Waals surface area contributed by atoms with Crippen LogP contribution in [0.1, 0.15) is 96.0 Å². The Morgan fingerprint density at radius 3 is 2.07 bits per heavy atom. The molecule has 1 aromatic rings. The number of nitrogens with one attached hydrogen (secondary N) is 1. The number of allylic oxidation sites excluding steroid dienone is 1. The molecule has 11 nitrogen and oxygen atoms in total. The molecule has 0 saturated heterocycles. The first-order chi connectivity index (χ1) is 21.4. The molecule has 0 heterocycles. The summed E-state index contributed by atoms with van der Waals surface area (Å²) in [6.07, 6.45) is 16.3. The van der Waals surface area contributed by atoms with Gasteiger partial charge in [-0.05, 0) is 43.4 Å². The van der Waals surface area contributed by atoms with Gasteiger partial charge in [0, 0.05) is 19.3 Å². The molecule has 0 radical (unpaired) electrons. The highest BCUT2D eigenvalue weighted by Gasteiger charge is 2.49. The number of Topliss-reactive ketones (excluding diaryl/α,β-unsaturated/α-hetero) is 1. The van der Waals surface area contributed by atoms with E-state index in [1.807, 2.05) is 0 Å². The minimum absolute atomic E-state index is 0.0468. The van der Waals surface area contributed by atoms with Crippen molar-refractivity contribution in [3.8, 4) is 18.1 Å². The van der Waals surface area contributed by atoms with E-state index in [2.05, 4.69) is 18.2 Å². The van der Waals surface area contributed by atoms with Crippen molar-refractivity contribution in [2.45, 2.75) is 108 Å². The van der Waals surface area contributed by atoms with E-state index in [1.165, 1.54) is 12.5 Å². The Labute approximate surface area is 265 Å². The number of aliphatic carboxylic acids is 3. The number of carbonyl (C=O) groups is 5. The fourth-order valence-electron chi connectivity index (χ4n) is 4.78. The highest BCUT2D eigenvalue weighted by atomic mass is 16.5. The van der Waals surface area contributed by atoms with Crippen LogP contribution in [0.2, 0.25) is 0 Å². The zero-order valence-corrected chi connectivity index (χ0v) is 26.0. The Bertz CT molecular complexity index is 1170. The number of ketones is 1. The molecule has 248 valence electrons. The van der Waals surface area contributed by atoms with Crippen molar-refractivity contribution in [3.05, 3.63) is 42.0 Å². The van der Waals surface area contributed by atoms with Gasteiger partial charge < -0.3 is 30.5 Å². The summed E-state index contributed by atoms with van der Waals surface area (Å²) in [5.74, 6) is -4.98. The van der Waals surface area contributed by atoms with Crippen LogP contribution in [0.25, 0.3) is 0 Å². The van der Waals surface area contributed by atoms with E-state index >= 15 is 0 Å². The molecule has 0 aliphatic rings. The van der Waals surface area contributed by atoms with E-state index in [9.17, 15) is 44.4 Å². The molecule has 0 bridgehead atoms. The van der Waals surface area contributed by atoms with Gasteiger partial charge in [-0.15, -0.1) is 6.42 Å². The molecular weight excluding hydrogens is 582 g/mol. The van der Waals surface area contributed by atoms with Crippen molar-refractivity contribution >= 4 is 29.6 Å². The second-order valence-corrected chi connectivity index (χ2v) is 11.1. The monoisotopic (exact) mass is 629 g/mol. The van der Waals surface area contributed by atoms with Gasteiger partial charge >= 0.3 is 17.9 Å². The van der Waals surface area contributed by atoms with Gasteiger partial charge in [0.2, 0.25) is 5.91 Å². The van der Waals surface area contributed by atoms with Gasteiger partial charge in [-0.2, -0.15) is 0 Å². The number of ether oxygens (including phenoxy) is 1. The summed E-state index contributed by atoms with van der Waals surface area (Å²) in [5, 5.41) is 41.8. The summed E-state index contributed by atoms with van der Waals surface area (Å²) in [7, 11) is 0. The van der Waals surface area contributed by atoms with Crippen LogP contribution >= 0.6 is 0 Å². The minimum Gasteiger partial charge on any atom is -0.481 e. The summed E-state index contributed by atoms with van der Waals surface area (Å²) in [6, 6.07) is 4.79. The van der Waals surface area contributed by atoms with Crippen molar-refractivity contribution in [1.82, 2.24) is 5.32 Å². The van der Waals surface area contributed by atoms with Crippen molar-refractivity contribution in [3.63, 3.8) is 0 Å². The molecule has 0 saturated carbocycles. The first-order valence-corrected chi connectivity index (χ1v) is 15.5. The lowest BCUT2D eigenvalue weighted by Crippen LogP contribution is -2.55. The molecule has 0 spiro atoms.